The molecule has 0 aromatic rings. The first-order chi connectivity index (χ1) is 5.92. The van der Waals surface area contributed by atoms with Crippen molar-refractivity contribution in [2.24, 2.45) is 22.2 Å². The zero-order valence-electron chi connectivity index (χ0n) is 9.28. The molecule has 76 valence electrons. The van der Waals surface area contributed by atoms with Crippen LogP contribution in [0, 0.1) is 22.2 Å². The first-order valence-electron chi connectivity index (χ1n) is 5.48. The van der Waals surface area contributed by atoms with Crippen LogP contribution in [0.4, 0.5) is 0 Å². The summed E-state index contributed by atoms with van der Waals surface area (Å²) in [5, 5.41) is 1.21. The van der Waals surface area contributed by atoms with Gasteiger partial charge in [0, 0.05) is 5.33 Å². The van der Waals surface area contributed by atoms with Crippen molar-refractivity contribution in [3.8, 4) is 0 Å². The van der Waals surface area contributed by atoms with Gasteiger partial charge in [-0.15, -0.1) is 0 Å². The fraction of sp³-hybridized carbons (Fsp3) is 1.00. The molecule has 0 heterocycles. The highest BCUT2D eigenvalue weighted by molar-refractivity contribution is 9.09. The standard InChI is InChI=1S/C12H21Br/c1-10(2)11(3,4)12(10)7-5-6-9(12)8-13/h9H,5-8H2,1-4H3. The maximum Gasteiger partial charge on any atom is 0.00653 e. The molecule has 0 saturated heterocycles. The Balaban J connectivity index is 2.33. The molecule has 0 amide bonds. The van der Waals surface area contributed by atoms with Gasteiger partial charge in [-0.2, -0.15) is 0 Å². The predicted octanol–water partition coefficient (Wildman–Crippen LogP) is 4.23. The van der Waals surface area contributed by atoms with E-state index in [1.165, 1.54) is 24.6 Å². The molecule has 0 aliphatic heterocycles. The molecule has 2 aliphatic rings. The molecule has 2 saturated carbocycles. The molecule has 0 aromatic carbocycles. The SMILES string of the molecule is CC1(C)C(C)(C)C12CCCC2CBr. The van der Waals surface area contributed by atoms with Crippen LogP contribution in [0.1, 0.15) is 47.0 Å². The van der Waals surface area contributed by atoms with Crippen LogP contribution in [0.25, 0.3) is 0 Å². The summed E-state index contributed by atoms with van der Waals surface area (Å²) >= 11 is 3.70. The molecule has 1 atom stereocenters. The van der Waals surface area contributed by atoms with Crippen LogP contribution in [0.2, 0.25) is 0 Å². The molecule has 0 radical (unpaired) electrons. The number of rotatable bonds is 1. The van der Waals surface area contributed by atoms with Crippen LogP contribution in [-0.4, -0.2) is 5.33 Å². The van der Waals surface area contributed by atoms with Crippen molar-refractivity contribution in [2.45, 2.75) is 47.0 Å². The second-order valence-corrected chi connectivity index (χ2v) is 6.61. The van der Waals surface area contributed by atoms with E-state index in [9.17, 15) is 0 Å². The van der Waals surface area contributed by atoms with Gasteiger partial charge >= 0.3 is 0 Å². The minimum atomic E-state index is 0.564. The van der Waals surface area contributed by atoms with E-state index in [-0.39, 0.29) is 0 Å². The fourth-order valence-corrected chi connectivity index (χ4v) is 5.28. The first kappa shape index (κ1) is 10.0. The Bertz CT molecular complexity index is 213. The Morgan fingerprint density at radius 3 is 2.00 bits per heavy atom. The zero-order valence-corrected chi connectivity index (χ0v) is 10.9. The Labute approximate surface area is 90.6 Å². The summed E-state index contributed by atoms with van der Waals surface area (Å²) in [6.07, 6.45) is 4.35. The maximum absolute atomic E-state index is 3.70. The van der Waals surface area contributed by atoms with E-state index in [1.807, 2.05) is 0 Å². The number of hydrogen-bond donors (Lipinski definition) is 0. The minimum absolute atomic E-state index is 0.564. The summed E-state index contributed by atoms with van der Waals surface area (Å²) in [5.74, 6) is 0.928. The largest absolute Gasteiger partial charge is 0.0925 e. The summed E-state index contributed by atoms with van der Waals surface area (Å²) in [7, 11) is 0. The van der Waals surface area contributed by atoms with Crippen LogP contribution in [0.3, 0.4) is 0 Å². The van der Waals surface area contributed by atoms with Crippen molar-refractivity contribution in [3.63, 3.8) is 0 Å². The van der Waals surface area contributed by atoms with Crippen molar-refractivity contribution < 1.29 is 0 Å². The number of halogens is 1. The third-order valence-corrected chi connectivity index (χ3v) is 6.52. The topological polar surface area (TPSA) is 0 Å². The Kier molecular flexibility index (Phi) is 1.95. The van der Waals surface area contributed by atoms with E-state index < -0.39 is 0 Å². The molecule has 0 N–H and O–H groups in total. The van der Waals surface area contributed by atoms with Gasteiger partial charge in [0.2, 0.25) is 0 Å². The van der Waals surface area contributed by atoms with Crippen molar-refractivity contribution in [1.82, 2.24) is 0 Å². The van der Waals surface area contributed by atoms with E-state index in [0.717, 1.165) is 5.92 Å². The normalized spacial score (nSPS) is 38.1. The van der Waals surface area contributed by atoms with Gasteiger partial charge in [0.05, 0.1) is 0 Å². The molecule has 13 heavy (non-hydrogen) atoms. The van der Waals surface area contributed by atoms with Gasteiger partial charge in [-0.25, -0.2) is 0 Å². The van der Waals surface area contributed by atoms with Crippen LogP contribution in [-0.2, 0) is 0 Å². The molecular weight excluding hydrogens is 224 g/mol. The third kappa shape index (κ3) is 0.836. The second kappa shape index (κ2) is 2.53. The molecule has 2 rings (SSSR count). The smallest absolute Gasteiger partial charge is 0.00653 e. The molecular formula is C12H21Br. The molecule has 1 unspecified atom stereocenters. The van der Waals surface area contributed by atoms with Gasteiger partial charge in [0.15, 0.2) is 0 Å². The quantitative estimate of drug-likeness (QED) is 0.606. The van der Waals surface area contributed by atoms with E-state index >= 15 is 0 Å². The molecule has 0 aromatic heterocycles. The second-order valence-electron chi connectivity index (χ2n) is 5.96. The maximum atomic E-state index is 3.70. The molecule has 0 nitrogen and oxygen atoms in total. The molecule has 2 aliphatic carbocycles. The average Bonchev–Trinajstić information content (AvgIpc) is 2.42. The van der Waals surface area contributed by atoms with Gasteiger partial charge in [0.1, 0.15) is 0 Å². The lowest BCUT2D eigenvalue weighted by Crippen LogP contribution is -2.18. The first-order valence-corrected chi connectivity index (χ1v) is 6.60. The average molecular weight is 245 g/mol. The van der Waals surface area contributed by atoms with E-state index in [2.05, 4.69) is 43.6 Å². The van der Waals surface area contributed by atoms with Crippen molar-refractivity contribution in [2.75, 3.05) is 5.33 Å². The summed E-state index contributed by atoms with van der Waals surface area (Å²) in [6, 6.07) is 0. The summed E-state index contributed by atoms with van der Waals surface area (Å²) in [6.45, 7) is 9.86. The third-order valence-electron chi connectivity index (χ3n) is 5.74. The molecule has 0 bridgehead atoms. The van der Waals surface area contributed by atoms with Crippen LogP contribution in [0.15, 0.2) is 0 Å². The highest BCUT2D eigenvalue weighted by Crippen LogP contribution is 2.84. The van der Waals surface area contributed by atoms with Gasteiger partial charge in [-0.1, -0.05) is 50.0 Å². The van der Waals surface area contributed by atoms with Crippen molar-refractivity contribution >= 4 is 15.9 Å². The number of hydrogen-bond acceptors (Lipinski definition) is 0. The fourth-order valence-electron chi connectivity index (χ4n) is 4.40. The van der Waals surface area contributed by atoms with Gasteiger partial charge in [-0.05, 0) is 35.0 Å². The van der Waals surface area contributed by atoms with Crippen molar-refractivity contribution in [3.05, 3.63) is 0 Å². The molecule has 1 spiro atoms. The Morgan fingerprint density at radius 1 is 1.15 bits per heavy atom. The van der Waals surface area contributed by atoms with E-state index in [1.54, 1.807) is 0 Å². The molecule has 2 fully saturated rings. The predicted molar refractivity (Wildman–Crippen MR) is 61.1 cm³/mol. The summed E-state index contributed by atoms with van der Waals surface area (Å²) < 4.78 is 0. The monoisotopic (exact) mass is 244 g/mol. The highest BCUT2D eigenvalue weighted by atomic mass is 79.9. The highest BCUT2D eigenvalue weighted by Gasteiger charge is 2.79. The minimum Gasteiger partial charge on any atom is -0.0925 e. The van der Waals surface area contributed by atoms with Crippen LogP contribution < -0.4 is 0 Å². The van der Waals surface area contributed by atoms with Gasteiger partial charge in [-0.3, -0.25) is 0 Å². The van der Waals surface area contributed by atoms with Gasteiger partial charge in [0.25, 0.3) is 0 Å². The Morgan fingerprint density at radius 2 is 1.69 bits per heavy atom. The lowest BCUT2D eigenvalue weighted by atomic mass is 9.85. The lowest BCUT2D eigenvalue weighted by Gasteiger charge is -2.22. The van der Waals surface area contributed by atoms with E-state index in [4.69, 9.17) is 0 Å². The zero-order chi connectivity index (χ0) is 9.91. The van der Waals surface area contributed by atoms with Crippen LogP contribution >= 0.6 is 15.9 Å². The summed E-state index contributed by atoms with van der Waals surface area (Å²) in [4.78, 5) is 0. The number of alkyl halides is 1. The van der Waals surface area contributed by atoms with Gasteiger partial charge < -0.3 is 0 Å². The summed E-state index contributed by atoms with van der Waals surface area (Å²) in [5.41, 5.74) is 1.79. The van der Waals surface area contributed by atoms with E-state index in [0.29, 0.717) is 16.2 Å². The molecule has 1 heteroatoms. The lowest BCUT2D eigenvalue weighted by molar-refractivity contribution is 0.291. The van der Waals surface area contributed by atoms with Crippen molar-refractivity contribution in [1.29, 1.82) is 0 Å². The van der Waals surface area contributed by atoms with Crippen LogP contribution in [0.5, 0.6) is 0 Å². The Hall–Kier alpha value is 0.480.